The number of rotatable bonds is 67. The second-order valence-corrected chi connectivity index (χ2v) is 29.8. The van der Waals surface area contributed by atoms with Gasteiger partial charge < -0.3 is 33.8 Å². The number of carbonyl (C=O) groups is 4. The van der Waals surface area contributed by atoms with Gasteiger partial charge in [0.2, 0.25) is 0 Å². The highest BCUT2D eigenvalue weighted by Crippen LogP contribution is 2.45. The Balaban J connectivity index is 5.25. The zero-order chi connectivity index (χ0) is 66.1. The van der Waals surface area contributed by atoms with E-state index in [1.54, 1.807) is 0 Å². The molecule has 0 rings (SSSR count). The third kappa shape index (κ3) is 63.2. The lowest BCUT2D eigenvalue weighted by Crippen LogP contribution is -2.30. The Morgan fingerprint density at radius 1 is 0.315 bits per heavy atom. The Kier molecular flexibility index (Phi) is 58.5. The van der Waals surface area contributed by atoms with Gasteiger partial charge in [0.1, 0.15) is 19.3 Å². The molecule has 0 aromatic rings. The third-order valence-corrected chi connectivity index (χ3v) is 18.3. The summed E-state index contributed by atoms with van der Waals surface area (Å²) in [6.45, 7) is 14.1. The van der Waals surface area contributed by atoms with Gasteiger partial charge in [-0.1, -0.05) is 293 Å². The molecule has 0 aromatic carbocycles. The molecule has 0 saturated heterocycles. The van der Waals surface area contributed by atoms with Crippen molar-refractivity contribution in [3.05, 3.63) is 0 Å². The van der Waals surface area contributed by atoms with E-state index in [9.17, 15) is 43.2 Å². The molecule has 6 atom stereocenters. The Labute approximate surface area is 543 Å². The van der Waals surface area contributed by atoms with Crippen LogP contribution in [-0.4, -0.2) is 96.7 Å². The van der Waals surface area contributed by atoms with Gasteiger partial charge in [-0.3, -0.25) is 37.3 Å². The maximum Gasteiger partial charge on any atom is 0.472 e. The van der Waals surface area contributed by atoms with Gasteiger partial charge in [0.25, 0.3) is 0 Å². The normalized spacial score (nSPS) is 14.6. The van der Waals surface area contributed by atoms with Gasteiger partial charge in [-0.15, -0.1) is 0 Å². The van der Waals surface area contributed by atoms with E-state index in [0.29, 0.717) is 31.6 Å². The minimum atomic E-state index is -4.95. The second kappa shape index (κ2) is 59.8. The van der Waals surface area contributed by atoms with Crippen LogP contribution < -0.4 is 0 Å². The topological polar surface area (TPSA) is 237 Å². The lowest BCUT2D eigenvalue weighted by atomic mass is 10.00. The van der Waals surface area contributed by atoms with Crippen molar-refractivity contribution < 1.29 is 80.2 Å². The molecule has 0 aliphatic carbocycles. The Morgan fingerprint density at radius 2 is 0.539 bits per heavy atom. The van der Waals surface area contributed by atoms with E-state index in [4.69, 9.17) is 37.0 Å². The van der Waals surface area contributed by atoms with Crippen LogP contribution in [0.15, 0.2) is 0 Å². The molecule has 17 nitrogen and oxygen atoms in total. The monoisotopic (exact) mass is 1310 g/mol. The number of phosphoric ester groups is 2. The van der Waals surface area contributed by atoms with Crippen LogP contribution in [0.3, 0.4) is 0 Å². The van der Waals surface area contributed by atoms with Gasteiger partial charge >= 0.3 is 39.5 Å². The van der Waals surface area contributed by atoms with Crippen molar-refractivity contribution in [2.24, 2.45) is 23.7 Å². The first kappa shape index (κ1) is 87.1. The average molecular weight is 1310 g/mol. The number of unbranched alkanes of at least 4 members (excludes halogenated alkanes) is 32. The van der Waals surface area contributed by atoms with Crippen LogP contribution in [0, 0.1) is 23.7 Å². The standard InChI is InChI=1S/C70H136O17P2/c1-9-63(8)49-41-33-28-29-35-43-51-68(73)81-57-66(87-70(75)53-45-37-27-21-24-32-40-48-62(6)7)59-85-89(78,79)83-55-64(71)54-82-88(76,77)84-58-65(56-80-67(72)50-42-34-25-19-16-12-14-18-23-31-39-47-61(4)5)86-69(74)52-44-36-26-20-15-11-10-13-17-22-30-38-46-60(2)3/h60-66,71H,9-59H2,1-8H3,(H,76,77)(H,78,79)/t63?,64-,65-,66-/m1/s1. The number of aliphatic hydroxyl groups excluding tert-OH is 1. The van der Waals surface area contributed by atoms with Crippen molar-refractivity contribution in [2.75, 3.05) is 39.6 Å². The number of aliphatic hydroxyl groups is 1. The maximum atomic E-state index is 13.0. The molecule has 0 radical (unpaired) electrons. The molecule has 3 unspecified atom stereocenters. The molecule has 0 fully saturated rings. The molecule has 0 aliphatic heterocycles. The van der Waals surface area contributed by atoms with Crippen molar-refractivity contribution in [1.29, 1.82) is 0 Å². The molecule has 0 amide bonds. The summed E-state index contributed by atoms with van der Waals surface area (Å²) in [5.41, 5.74) is 0. The predicted molar refractivity (Wildman–Crippen MR) is 358 cm³/mol. The van der Waals surface area contributed by atoms with E-state index in [0.717, 1.165) is 114 Å². The van der Waals surface area contributed by atoms with Gasteiger partial charge in [-0.25, -0.2) is 9.13 Å². The zero-order valence-electron chi connectivity index (χ0n) is 58.1. The zero-order valence-corrected chi connectivity index (χ0v) is 59.8. The molecule has 0 saturated carbocycles. The largest absolute Gasteiger partial charge is 0.472 e. The number of phosphoric acid groups is 2. The van der Waals surface area contributed by atoms with Crippen molar-refractivity contribution >= 4 is 39.5 Å². The summed E-state index contributed by atoms with van der Waals surface area (Å²) in [6.07, 6.45) is 41.8. The molecule has 528 valence electrons. The molecule has 0 heterocycles. The lowest BCUT2D eigenvalue weighted by Gasteiger charge is -2.21. The summed E-state index contributed by atoms with van der Waals surface area (Å²) < 4.78 is 68.3. The highest BCUT2D eigenvalue weighted by atomic mass is 31.2. The van der Waals surface area contributed by atoms with Gasteiger partial charge in [-0.2, -0.15) is 0 Å². The number of hydrogen-bond donors (Lipinski definition) is 3. The molecular formula is C70H136O17P2. The average Bonchev–Trinajstić information content (AvgIpc) is 3.52. The maximum absolute atomic E-state index is 13.0. The second-order valence-electron chi connectivity index (χ2n) is 26.9. The summed E-state index contributed by atoms with van der Waals surface area (Å²) in [5, 5.41) is 10.6. The third-order valence-electron chi connectivity index (χ3n) is 16.4. The van der Waals surface area contributed by atoms with E-state index in [1.165, 1.54) is 141 Å². The first-order valence-corrected chi connectivity index (χ1v) is 39.2. The van der Waals surface area contributed by atoms with Crippen LogP contribution in [0.25, 0.3) is 0 Å². The van der Waals surface area contributed by atoms with E-state index in [1.807, 2.05) is 0 Å². The molecule has 0 aliphatic rings. The Hall–Kier alpha value is -1.94. The van der Waals surface area contributed by atoms with E-state index in [-0.39, 0.29) is 25.7 Å². The molecule has 0 bridgehead atoms. The SMILES string of the molecule is CCC(C)CCCCCCCCC(=O)OC[C@H](COP(=O)(O)OC[C@H](O)COP(=O)(O)OC[C@@H](COC(=O)CCCCCCCCCCCCCC(C)C)OC(=O)CCCCCCCCCCCCCCC(C)C)OC(=O)CCCCCCCCCC(C)C. The molecule has 89 heavy (non-hydrogen) atoms. The van der Waals surface area contributed by atoms with E-state index < -0.39 is 97.5 Å². The number of hydrogen-bond acceptors (Lipinski definition) is 15. The predicted octanol–water partition coefficient (Wildman–Crippen LogP) is 19.7. The summed E-state index contributed by atoms with van der Waals surface area (Å²) in [7, 11) is -9.90. The molecule has 3 N–H and O–H groups in total. The first-order chi connectivity index (χ1) is 42.6. The number of esters is 4. The summed E-state index contributed by atoms with van der Waals surface area (Å²) in [6, 6.07) is 0. The molecule has 0 spiro atoms. The van der Waals surface area contributed by atoms with Crippen molar-refractivity contribution in [2.45, 2.75) is 363 Å². The Morgan fingerprint density at radius 3 is 0.798 bits per heavy atom. The molecule has 0 aromatic heterocycles. The summed E-state index contributed by atoms with van der Waals surface area (Å²) in [5.74, 6) is 0.843. The highest BCUT2D eigenvalue weighted by Gasteiger charge is 2.30. The number of carbonyl (C=O) groups excluding carboxylic acids is 4. The van der Waals surface area contributed by atoms with E-state index in [2.05, 4.69) is 55.4 Å². The van der Waals surface area contributed by atoms with Gasteiger partial charge in [0.05, 0.1) is 26.4 Å². The van der Waals surface area contributed by atoms with Crippen molar-refractivity contribution in [3.8, 4) is 0 Å². The Bertz CT molecular complexity index is 1770. The summed E-state index contributed by atoms with van der Waals surface area (Å²) in [4.78, 5) is 72.5. The van der Waals surface area contributed by atoms with Gasteiger partial charge in [0.15, 0.2) is 12.2 Å². The molecule has 19 heteroatoms. The van der Waals surface area contributed by atoms with Gasteiger partial charge in [-0.05, 0) is 49.4 Å². The van der Waals surface area contributed by atoms with Crippen molar-refractivity contribution in [3.63, 3.8) is 0 Å². The summed E-state index contributed by atoms with van der Waals surface area (Å²) >= 11 is 0. The fourth-order valence-electron chi connectivity index (χ4n) is 10.5. The minimum absolute atomic E-state index is 0.102. The minimum Gasteiger partial charge on any atom is -0.462 e. The van der Waals surface area contributed by atoms with Crippen molar-refractivity contribution in [1.82, 2.24) is 0 Å². The van der Waals surface area contributed by atoms with Crippen LogP contribution in [-0.2, 0) is 65.4 Å². The van der Waals surface area contributed by atoms with Crippen LogP contribution in [0.2, 0.25) is 0 Å². The van der Waals surface area contributed by atoms with Crippen LogP contribution in [0.4, 0.5) is 0 Å². The van der Waals surface area contributed by atoms with Crippen LogP contribution in [0.1, 0.15) is 344 Å². The quantitative estimate of drug-likeness (QED) is 0.0222. The van der Waals surface area contributed by atoms with Gasteiger partial charge in [0, 0.05) is 25.7 Å². The highest BCUT2D eigenvalue weighted by molar-refractivity contribution is 7.47. The molecular weight excluding hydrogens is 1170 g/mol. The van der Waals surface area contributed by atoms with E-state index >= 15 is 0 Å². The fourth-order valence-corrected chi connectivity index (χ4v) is 12.0. The lowest BCUT2D eigenvalue weighted by molar-refractivity contribution is -0.161. The van der Waals surface area contributed by atoms with Crippen LogP contribution >= 0.6 is 15.6 Å². The van der Waals surface area contributed by atoms with Crippen LogP contribution in [0.5, 0.6) is 0 Å². The smallest absolute Gasteiger partial charge is 0.462 e. The fraction of sp³-hybridized carbons (Fsp3) is 0.943. The number of ether oxygens (including phenoxy) is 4. The first-order valence-electron chi connectivity index (χ1n) is 36.2.